The van der Waals surface area contributed by atoms with Gasteiger partial charge in [-0.25, -0.2) is 14.6 Å². The molecule has 50 heavy (non-hydrogen) atoms. The molecule has 2 heterocycles. The lowest BCUT2D eigenvalue weighted by molar-refractivity contribution is -0.384. The topological polar surface area (TPSA) is 149 Å². The van der Waals surface area contributed by atoms with Gasteiger partial charge in [0.15, 0.2) is 16.3 Å². The van der Waals surface area contributed by atoms with Crippen LogP contribution >= 0.6 is 11.3 Å². The monoisotopic (exact) mass is 693 g/mol. The third-order valence-corrected chi connectivity index (χ3v) is 9.03. The van der Waals surface area contributed by atoms with Crippen LogP contribution in [0.5, 0.6) is 17.2 Å². The lowest BCUT2D eigenvalue weighted by Crippen LogP contribution is -2.40. The Morgan fingerprint density at radius 2 is 1.70 bits per heavy atom. The molecule has 254 valence electrons. The summed E-state index contributed by atoms with van der Waals surface area (Å²) in [5.41, 5.74) is 1.18. The lowest BCUT2D eigenvalue weighted by Gasteiger charge is -2.25. The Bertz CT molecular complexity index is 2380. The minimum Gasteiger partial charge on any atom is -0.493 e. The number of esters is 2. The number of allylic oxidation sites excluding steroid dienone is 1. The maximum atomic E-state index is 14.4. The summed E-state index contributed by atoms with van der Waals surface area (Å²) in [5.74, 6) is -0.216. The predicted molar refractivity (Wildman–Crippen MR) is 187 cm³/mol. The van der Waals surface area contributed by atoms with Crippen molar-refractivity contribution < 1.29 is 33.5 Å². The van der Waals surface area contributed by atoms with Crippen molar-refractivity contribution in [1.29, 1.82) is 0 Å². The maximum absolute atomic E-state index is 14.4. The van der Waals surface area contributed by atoms with Crippen LogP contribution in [0.2, 0.25) is 0 Å². The second-order valence-corrected chi connectivity index (χ2v) is 12.0. The highest BCUT2D eigenvalue weighted by Crippen LogP contribution is 2.36. The molecule has 0 unspecified atom stereocenters. The van der Waals surface area contributed by atoms with E-state index in [9.17, 15) is 24.5 Å². The number of rotatable bonds is 10. The van der Waals surface area contributed by atoms with Crippen LogP contribution in [0.1, 0.15) is 48.3 Å². The summed E-state index contributed by atoms with van der Waals surface area (Å²) in [6.07, 6.45) is 1.64. The van der Waals surface area contributed by atoms with Crippen LogP contribution < -0.4 is 29.1 Å². The van der Waals surface area contributed by atoms with E-state index in [-0.39, 0.29) is 33.7 Å². The van der Waals surface area contributed by atoms with Gasteiger partial charge < -0.3 is 18.9 Å². The molecule has 1 atom stereocenters. The number of carbonyl (C=O) groups is 2. The highest BCUT2D eigenvalue weighted by Gasteiger charge is 2.34. The number of ether oxygens (including phenoxy) is 4. The Labute approximate surface area is 289 Å². The quantitative estimate of drug-likeness (QED) is 0.0802. The van der Waals surface area contributed by atoms with Crippen LogP contribution in [0, 0.1) is 10.1 Å². The average Bonchev–Trinajstić information content (AvgIpc) is 3.42. The summed E-state index contributed by atoms with van der Waals surface area (Å²) in [5, 5.41) is 12.6. The molecule has 1 aromatic heterocycles. The number of nitro benzene ring substituents is 1. The van der Waals surface area contributed by atoms with Crippen LogP contribution in [0.4, 0.5) is 5.69 Å². The third kappa shape index (κ3) is 6.38. The number of nitro groups is 1. The van der Waals surface area contributed by atoms with Gasteiger partial charge in [-0.1, -0.05) is 47.7 Å². The largest absolute Gasteiger partial charge is 0.493 e. The first-order valence-corrected chi connectivity index (χ1v) is 16.5. The van der Waals surface area contributed by atoms with Crippen LogP contribution in [-0.2, 0) is 9.53 Å². The Balaban J connectivity index is 1.53. The predicted octanol–water partition coefficient (Wildman–Crippen LogP) is 5.49. The number of nitrogens with zero attached hydrogens (tertiary/aromatic N) is 3. The normalized spacial score (nSPS) is 14.2. The zero-order chi connectivity index (χ0) is 35.5. The standard InChI is InChI=1S/C37H31N3O9S/c1-5-47-30-19-24(14-18-29(30)46-4)33-32(36(43)48-6-2)21(3)38-37-39(33)34(41)31(50-37)20-27-26-10-8-7-9-22(26)13-17-28(27)49-35(42)23-11-15-25(16-12-23)40(44)45/h7-20,33H,5-6H2,1-4H3/b31-20-/t33-/m0/s1. The molecule has 13 heteroatoms. The Morgan fingerprint density at radius 3 is 2.40 bits per heavy atom. The van der Waals surface area contributed by atoms with Crippen molar-refractivity contribution in [2.75, 3.05) is 20.3 Å². The van der Waals surface area contributed by atoms with Gasteiger partial charge in [-0.3, -0.25) is 19.5 Å². The molecule has 0 spiro atoms. The number of benzene rings is 4. The van der Waals surface area contributed by atoms with E-state index in [2.05, 4.69) is 4.99 Å². The SMILES string of the molecule is CCOC(=O)C1=C(C)N=c2s/c(=C\c3c(OC(=O)c4ccc([N+](=O)[O-])cc4)ccc4ccccc34)c(=O)n2[C@H]1c1ccc(OC)c(OCC)c1. The molecule has 5 aromatic rings. The fraction of sp³-hybridized carbons (Fsp3) is 0.189. The van der Waals surface area contributed by atoms with Crippen molar-refractivity contribution in [1.82, 2.24) is 4.57 Å². The van der Waals surface area contributed by atoms with E-state index in [1.807, 2.05) is 31.2 Å². The van der Waals surface area contributed by atoms with Crippen LogP contribution in [0.3, 0.4) is 0 Å². The molecule has 12 nitrogen and oxygen atoms in total. The third-order valence-electron chi connectivity index (χ3n) is 8.04. The molecule has 0 radical (unpaired) electrons. The number of hydrogen-bond acceptors (Lipinski definition) is 11. The Kier molecular flexibility index (Phi) is 9.59. The summed E-state index contributed by atoms with van der Waals surface area (Å²) >= 11 is 1.13. The summed E-state index contributed by atoms with van der Waals surface area (Å²) in [6.45, 7) is 5.74. The van der Waals surface area contributed by atoms with Crippen molar-refractivity contribution in [2.24, 2.45) is 4.99 Å². The van der Waals surface area contributed by atoms with Gasteiger partial charge in [0, 0.05) is 17.7 Å². The zero-order valence-electron chi connectivity index (χ0n) is 27.5. The highest BCUT2D eigenvalue weighted by molar-refractivity contribution is 7.07. The van der Waals surface area contributed by atoms with Crippen molar-refractivity contribution in [3.05, 3.63) is 137 Å². The number of carbonyl (C=O) groups excluding carboxylic acids is 2. The minimum absolute atomic E-state index is 0.113. The van der Waals surface area contributed by atoms with Gasteiger partial charge in [0.1, 0.15) is 5.75 Å². The van der Waals surface area contributed by atoms with E-state index in [1.54, 1.807) is 50.3 Å². The number of non-ortho nitro benzene ring substituents is 1. The molecule has 0 bridgehead atoms. The first-order valence-electron chi connectivity index (χ1n) is 15.6. The van der Waals surface area contributed by atoms with Crippen molar-refractivity contribution >= 4 is 45.8 Å². The first-order chi connectivity index (χ1) is 24.1. The van der Waals surface area contributed by atoms with Gasteiger partial charge in [0.2, 0.25) is 0 Å². The fourth-order valence-electron chi connectivity index (χ4n) is 5.76. The Morgan fingerprint density at radius 1 is 0.960 bits per heavy atom. The molecular formula is C37H31N3O9S. The van der Waals surface area contributed by atoms with E-state index in [1.165, 1.54) is 35.9 Å². The molecule has 0 fully saturated rings. The lowest BCUT2D eigenvalue weighted by atomic mass is 9.95. The second-order valence-electron chi connectivity index (χ2n) is 11.0. The number of aromatic nitrogens is 1. The molecule has 1 aliphatic rings. The molecular weight excluding hydrogens is 662 g/mol. The molecule has 0 saturated carbocycles. The van der Waals surface area contributed by atoms with Gasteiger partial charge in [0.25, 0.3) is 11.2 Å². The summed E-state index contributed by atoms with van der Waals surface area (Å²) < 4.78 is 24.3. The van der Waals surface area contributed by atoms with E-state index in [0.717, 1.165) is 16.7 Å². The molecule has 0 saturated heterocycles. The minimum atomic E-state index is -0.899. The number of methoxy groups -OCH3 is 1. The average molecular weight is 694 g/mol. The van der Waals surface area contributed by atoms with Gasteiger partial charge in [0.05, 0.1) is 52.7 Å². The second kappa shape index (κ2) is 14.2. The summed E-state index contributed by atoms with van der Waals surface area (Å²) in [4.78, 5) is 56.6. The maximum Gasteiger partial charge on any atom is 0.343 e. The summed E-state index contributed by atoms with van der Waals surface area (Å²) in [6, 6.07) is 20.3. The van der Waals surface area contributed by atoms with Gasteiger partial charge >= 0.3 is 11.9 Å². The molecule has 6 rings (SSSR count). The number of hydrogen-bond donors (Lipinski definition) is 0. The van der Waals surface area contributed by atoms with Gasteiger partial charge in [-0.15, -0.1) is 0 Å². The van der Waals surface area contributed by atoms with Crippen molar-refractivity contribution in [2.45, 2.75) is 26.8 Å². The van der Waals surface area contributed by atoms with Crippen LogP contribution in [-0.4, -0.2) is 41.8 Å². The van der Waals surface area contributed by atoms with Crippen molar-refractivity contribution in [3.63, 3.8) is 0 Å². The fourth-order valence-corrected chi connectivity index (χ4v) is 6.79. The van der Waals surface area contributed by atoms with Gasteiger partial charge in [-0.05, 0) is 73.5 Å². The molecule has 0 amide bonds. The Hall–Kier alpha value is -6.08. The highest BCUT2D eigenvalue weighted by atomic mass is 32.1. The molecule has 4 aromatic carbocycles. The number of fused-ring (bicyclic) bond motifs is 2. The van der Waals surface area contributed by atoms with E-state index in [0.29, 0.717) is 45.1 Å². The number of thiazole rings is 1. The first kappa shape index (κ1) is 33.8. The van der Waals surface area contributed by atoms with E-state index < -0.39 is 28.5 Å². The molecule has 1 aliphatic heterocycles. The van der Waals surface area contributed by atoms with Crippen LogP contribution in [0.25, 0.3) is 16.8 Å². The molecule has 0 aliphatic carbocycles. The van der Waals surface area contributed by atoms with Crippen LogP contribution in [0.15, 0.2) is 99.9 Å². The van der Waals surface area contributed by atoms with Crippen molar-refractivity contribution in [3.8, 4) is 17.2 Å². The van der Waals surface area contributed by atoms with E-state index >= 15 is 0 Å². The van der Waals surface area contributed by atoms with Gasteiger partial charge in [-0.2, -0.15) is 0 Å². The molecule has 0 N–H and O–H groups in total. The zero-order valence-corrected chi connectivity index (χ0v) is 28.3. The smallest absolute Gasteiger partial charge is 0.343 e. The summed E-state index contributed by atoms with van der Waals surface area (Å²) in [7, 11) is 1.53. The van der Waals surface area contributed by atoms with E-state index in [4.69, 9.17) is 18.9 Å².